The number of nitrogens with one attached hydrogen (secondary N) is 1. The number of piperazine rings is 1. The van der Waals surface area contributed by atoms with Crippen molar-refractivity contribution in [3.63, 3.8) is 0 Å². The highest BCUT2D eigenvalue weighted by atomic mass is 16.5. The Morgan fingerprint density at radius 3 is 2.57 bits per heavy atom. The molecule has 128 valence electrons. The van der Waals surface area contributed by atoms with E-state index in [2.05, 4.69) is 44.0 Å². The summed E-state index contributed by atoms with van der Waals surface area (Å²) >= 11 is 0. The van der Waals surface area contributed by atoms with Crippen LogP contribution in [0.1, 0.15) is 50.0 Å². The van der Waals surface area contributed by atoms with Crippen molar-refractivity contribution < 1.29 is 9.53 Å². The van der Waals surface area contributed by atoms with E-state index >= 15 is 0 Å². The fourth-order valence-electron chi connectivity index (χ4n) is 2.71. The van der Waals surface area contributed by atoms with Crippen molar-refractivity contribution >= 4 is 5.78 Å². The van der Waals surface area contributed by atoms with Crippen LogP contribution in [0.25, 0.3) is 0 Å². The molecule has 1 N–H and O–H groups in total. The number of Topliss-reactive ketones (excluding diaryl/α,β-unsaturated/α-hetero) is 1. The van der Waals surface area contributed by atoms with Crippen molar-refractivity contribution in [2.24, 2.45) is 0 Å². The van der Waals surface area contributed by atoms with Gasteiger partial charge in [0.15, 0.2) is 5.78 Å². The van der Waals surface area contributed by atoms with Crippen LogP contribution in [0.5, 0.6) is 5.75 Å². The molecule has 4 heteroatoms. The van der Waals surface area contributed by atoms with Gasteiger partial charge < -0.3 is 10.1 Å². The van der Waals surface area contributed by atoms with E-state index in [1.807, 2.05) is 12.1 Å². The summed E-state index contributed by atoms with van der Waals surface area (Å²) in [5.74, 6) is 0.879. The number of ether oxygens (including phenoxy) is 1. The molecule has 0 aromatic heterocycles. The minimum Gasteiger partial charge on any atom is -0.493 e. The van der Waals surface area contributed by atoms with Gasteiger partial charge in [-0.1, -0.05) is 33.8 Å². The molecule has 1 aromatic rings. The average molecular weight is 318 g/mol. The Morgan fingerprint density at radius 1 is 1.26 bits per heavy atom. The van der Waals surface area contributed by atoms with Gasteiger partial charge in [-0.2, -0.15) is 0 Å². The number of benzene rings is 1. The monoisotopic (exact) mass is 318 g/mol. The molecule has 0 spiro atoms. The fourth-order valence-corrected chi connectivity index (χ4v) is 2.71. The van der Waals surface area contributed by atoms with E-state index in [1.54, 1.807) is 0 Å². The van der Waals surface area contributed by atoms with Crippen LogP contribution in [0.3, 0.4) is 0 Å². The van der Waals surface area contributed by atoms with Gasteiger partial charge in [-0.3, -0.25) is 9.69 Å². The second kappa shape index (κ2) is 7.93. The molecular formula is C19H30N2O2. The first kappa shape index (κ1) is 18.0. The standard InChI is InChI=1S/C19H30N2O2/c1-5-12-23-18-7-6-15(19(2,3)4)13-16(18)17(22)14-21-10-8-20-9-11-21/h6-7,13,20H,5,8-12,14H2,1-4H3. The number of nitrogens with zero attached hydrogens (tertiary/aromatic N) is 1. The van der Waals surface area contributed by atoms with E-state index in [0.29, 0.717) is 13.2 Å². The highest BCUT2D eigenvalue weighted by Crippen LogP contribution is 2.28. The third-order valence-electron chi connectivity index (χ3n) is 4.18. The zero-order chi connectivity index (χ0) is 16.9. The maximum atomic E-state index is 12.8. The highest BCUT2D eigenvalue weighted by molar-refractivity contribution is 6.00. The predicted octanol–water partition coefficient (Wildman–Crippen LogP) is 2.86. The van der Waals surface area contributed by atoms with Crippen molar-refractivity contribution in [3.05, 3.63) is 29.3 Å². The Balaban J connectivity index is 2.22. The van der Waals surface area contributed by atoms with Gasteiger partial charge in [0.2, 0.25) is 0 Å². The van der Waals surface area contributed by atoms with E-state index in [0.717, 1.165) is 43.9 Å². The Bertz CT molecular complexity index is 529. The van der Waals surface area contributed by atoms with E-state index in [-0.39, 0.29) is 11.2 Å². The number of carbonyl (C=O) groups is 1. The number of rotatable bonds is 6. The zero-order valence-electron chi connectivity index (χ0n) is 14.9. The maximum Gasteiger partial charge on any atom is 0.180 e. The summed E-state index contributed by atoms with van der Waals surface area (Å²) in [5.41, 5.74) is 1.92. The van der Waals surface area contributed by atoms with Gasteiger partial charge >= 0.3 is 0 Å². The van der Waals surface area contributed by atoms with Crippen LogP contribution in [0.4, 0.5) is 0 Å². The number of hydrogen-bond acceptors (Lipinski definition) is 4. The van der Waals surface area contributed by atoms with Gasteiger partial charge in [-0.25, -0.2) is 0 Å². The largest absolute Gasteiger partial charge is 0.493 e. The minimum atomic E-state index is 0.0212. The molecule has 1 fully saturated rings. The second-order valence-corrected chi connectivity index (χ2v) is 7.26. The van der Waals surface area contributed by atoms with Crippen LogP contribution in [-0.2, 0) is 5.41 Å². The van der Waals surface area contributed by atoms with Gasteiger partial charge in [0.1, 0.15) is 5.75 Å². The maximum absolute atomic E-state index is 12.8. The van der Waals surface area contributed by atoms with Crippen molar-refractivity contribution in [2.45, 2.75) is 39.5 Å². The predicted molar refractivity (Wildman–Crippen MR) is 94.6 cm³/mol. The lowest BCUT2D eigenvalue weighted by Gasteiger charge is -2.27. The highest BCUT2D eigenvalue weighted by Gasteiger charge is 2.21. The quantitative estimate of drug-likeness (QED) is 0.819. The first-order chi connectivity index (χ1) is 10.9. The molecule has 23 heavy (non-hydrogen) atoms. The molecular weight excluding hydrogens is 288 g/mol. The van der Waals surface area contributed by atoms with Gasteiger partial charge in [0.25, 0.3) is 0 Å². The van der Waals surface area contributed by atoms with Gasteiger partial charge in [0, 0.05) is 26.2 Å². The molecule has 0 atom stereocenters. The Hall–Kier alpha value is -1.39. The van der Waals surface area contributed by atoms with Crippen LogP contribution in [0.15, 0.2) is 18.2 Å². The van der Waals surface area contributed by atoms with E-state index in [4.69, 9.17) is 4.74 Å². The molecule has 0 radical (unpaired) electrons. The Morgan fingerprint density at radius 2 is 1.96 bits per heavy atom. The number of ketones is 1. The lowest BCUT2D eigenvalue weighted by atomic mass is 9.85. The Labute approximate surface area is 140 Å². The molecule has 1 saturated heterocycles. The number of hydrogen-bond donors (Lipinski definition) is 1. The zero-order valence-corrected chi connectivity index (χ0v) is 14.9. The second-order valence-electron chi connectivity index (χ2n) is 7.26. The molecule has 1 aliphatic rings. The summed E-state index contributed by atoms with van der Waals surface area (Å²) in [6.07, 6.45) is 0.937. The smallest absolute Gasteiger partial charge is 0.180 e. The SMILES string of the molecule is CCCOc1ccc(C(C)(C)C)cc1C(=O)CN1CCNCC1. The molecule has 0 amide bonds. The van der Waals surface area contributed by atoms with Crippen molar-refractivity contribution in [3.8, 4) is 5.75 Å². The van der Waals surface area contributed by atoms with Gasteiger partial charge in [0.05, 0.1) is 18.7 Å². The fraction of sp³-hybridized carbons (Fsp3) is 0.632. The first-order valence-corrected chi connectivity index (χ1v) is 8.65. The molecule has 2 rings (SSSR count). The van der Waals surface area contributed by atoms with Crippen molar-refractivity contribution in [1.82, 2.24) is 10.2 Å². The summed E-state index contributed by atoms with van der Waals surface area (Å²) in [4.78, 5) is 15.0. The van der Waals surface area contributed by atoms with E-state index in [1.165, 1.54) is 5.56 Å². The van der Waals surface area contributed by atoms with Crippen LogP contribution in [0, 0.1) is 0 Å². The van der Waals surface area contributed by atoms with E-state index in [9.17, 15) is 4.79 Å². The normalized spacial score (nSPS) is 16.3. The van der Waals surface area contributed by atoms with Crippen LogP contribution in [-0.4, -0.2) is 50.0 Å². The van der Waals surface area contributed by atoms with Crippen LogP contribution in [0.2, 0.25) is 0 Å². The molecule has 1 aromatic carbocycles. The summed E-state index contributed by atoms with van der Waals surface area (Å²) in [6, 6.07) is 6.06. The molecule has 0 unspecified atom stereocenters. The topological polar surface area (TPSA) is 41.6 Å². The van der Waals surface area contributed by atoms with Gasteiger partial charge in [-0.15, -0.1) is 0 Å². The molecule has 0 aliphatic carbocycles. The summed E-state index contributed by atoms with van der Waals surface area (Å²) in [6.45, 7) is 13.4. The Kier molecular flexibility index (Phi) is 6.19. The van der Waals surface area contributed by atoms with Crippen molar-refractivity contribution in [2.75, 3.05) is 39.3 Å². The summed E-state index contributed by atoms with van der Waals surface area (Å²) in [7, 11) is 0. The molecule has 0 bridgehead atoms. The van der Waals surface area contributed by atoms with Crippen molar-refractivity contribution in [1.29, 1.82) is 0 Å². The summed E-state index contributed by atoms with van der Waals surface area (Å²) in [5, 5.41) is 3.32. The third-order valence-corrected chi connectivity index (χ3v) is 4.18. The molecule has 0 saturated carbocycles. The van der Waals surface area contributed by atoms with Crippen LogP contribution >= 0.6 is 0 Å². The van der Waals surface area contributed by atoms with Crippen LogP contribution < -0.4 is 10.1 Å². The van der Waals surface area contributed by atoms with Gasteiger partial charge in [-0.05, 0) is 29.5 Å². The first-order valence-electron chi connectivity index (χ1n) is 8.65. The van der Waals surface area contributed by atoms with E-state index < -0.39 is 0 Å². The minimum absolute atomic E-state index is 0.0212. The number of carbonyl (C=O) groups excluding carboxylic acids is 1. The lowest BCUT2D eigenvalue weighted by Crippen LogP contribution is -2.45. The lowest BCUT2D eigenvalue weighted by molar-refractivity contribution is 0.0917. The third kappa shape index (κ3) is 5.05. The molecule has 1 heterocycles. The molecule has 4 nitrogen and oxygen atoms in total. The summed E-state index contributed by atoms with van der Waals surface area (Å²) < 4.78 is 5.81. The average Bonchev–Trinajstić information content (AvgIpc) is 2.52. The molecule has 1 aliphatic heterocycles.